The number of carbonyl (C=O) groups is 2. The van der Waals surface area contributed by atoms with Crippen LogP contribution in [0.3, 0.4) is 0 Å². The van der Waals surface area contributed by atoms with Crippen LogP contribution < -0.4 is 5.73 Å². The second-order valence-corrected chi connectivity index (χ2v) is 11.6. The molecule has 0 saturated heterocycles. The molecular weight excluding hydrogens is 590 g/mol. The molecule has 0 unspecified atom stereocenters. The molecule has 0 atom stereocenters. The average Bonchev–Trinajstić information content (AvgIpc) is 3.41. The van der Waals surface area contributed by atoms with Crippen LogP contribution in [0.15, 0.2) is 68.8 Å². The standard InChI is InChI=1S/C12H10BrNOS.C6H8N2.C5H3BrO2S/c1-8-7-14-5-4-9(8)6-10(15)11-2-3-12(13)16-11;1-5-4-8-3-2-6(5)7;6-4-2-1-3(9-4)5(7)8/h2-5,7H,6H2,1H3;2-4H,1H3,(H2,7,8);1-2H,(H,7,8). The van der Waals surface area contributed by atoms with E-state index in [1.54, 1.807) is 43.0 Å². The predicted molar refractivity (Wildman–Crippen MR) is 141 cm³/mol. The second kappa shape index (κ2) is 13.3. The number of nitrogens with two attached hydrogens (primary N) is 1. The number of aromatic nitrogens is 2. The van der Waals surface area contributed by atoms with Crippen molar-refractivity contribution in [2.24, 2.45) is 0 Å². The molecule has 0 aromatic carbocycles. The normalized spacial score (nSPS) is 9.82. The molecule has 4 rings (SSSR count). The van der Waals surface area contributed by atoms with Crippen molar-refractivity contribution in [2.45, 2.75) is 20.3 Å². The zero-order valence-electron chi connectivity index (χ0n) is 17.8. The number of carbonyl (C=O) groups excluding carboxylic acids is 1. The second-order valence-electron chi connectivity index (χ2n) is 6.65. The quantitative estimate of drug-likeness (QED) is 0.246. The van der Waals surface area contributed by atoms with E-state index in [1.165, 1.54) is 22.7 Å². The summed E-state index contributed by atoms with van der Waals surface area (Å²) in [6, 6.07) is 10.7. The Hall–Kier alpha value is -2.40. The van der Waals surface area contributed by atoms with E-state index in [9.17, 15) is 9.59 Å². The number of hydrogen-bond acceptors (Lipinski definition) is 7. The third kappa shape index (κ3) is 9.17. The zero-order chi connectivity index (χ0) is 24.4. The maximum absolute atomic E-state index is 11.9. The highest BCUT2D eigenvalue weighted by Crippen LogP contribution is 2.24. The molecule has 10 heteroatoms. The maximum atomic E-state index is 11.9. The van der Waals surface area contributed by atoms with E-state index in [4.69, 9.17) is 10.8 Å². The monoisotopic (exact) mass is 609 g/mol. The summed E-state index contributed by atoms with van der Waals surface area (Å²) < 4.78 is 1.84. The summed E-state index contributed by atoms with van der Waals surface area (Å²) >= 11 is 9.20. The van der Waals surface area contributed by atoms with Crippen LogP contribution in [0.5, 0.6) is 0 Å². The lowest BCUT2D eigenvalue weighted by Gasteiger charge is -2.02. The summed E-state index contributed by atoms with van der Waals surface area (Å²) in [7, 11) is 0. The van der Waals surface area contributed by atoms with Crippen molar-refractivity contribution in [3.8, 4) is 0 Å². The van der Waals surface area contributed by atoms with Crippen LogP contribution in [0, 0.1) is 13.8 Å². The highest BCUT2D eigenvalue weighted by Gasteiger charge is 2.10. The molecule has 0 bridgehead atoms. The number of nitrogens with zero attached hydrogens (tertiary/aromatic N) is 2. The van der Waals surface area contributed by atoms with Gasteiger partial charge in [-0.2, -0.15) is 0 Å². The Morgan fingerprint density at radius 1 is 0.879 bits per heavy atom. The number of Topliss-reactive ketones (excluding diaryl/α,β-unsaturated/α-hetero) is 1. The third-order valence-electron chi connectivity index (χ3n) is 4.18. The van der Waals surface area contributed by atoms with Gasteiger partial charge in [-0.25, -0.2) is 4.79 Å². The van der Waals surface area contributed by atoms with E-state index in [0.717, 1.165) is 34.8 Å². The summed E-state index contributed by atoms with van der Waals surface area (Å²) in [5, 5.41) is 8.39. The van der Waals surface area contributed by atoms with E-state index < -0.39 is 5.97 Å². The maximum Gasteiger partial charge on any atom is 0.345 e. The number of aryl methyl sites for hydroxylation is 2. The summed E-state index contributed by atoms with van der Waals surface area (Å²) in [4.78, 5) is 31.2. The van der Waals surface area contributed by atoms with Crippen LogP contribution in [0.1, 0.15) is 36.0 Å². The van der Waals surface area contributed by atoms with Crippen molar-refractivity contribution in [1.29, 1.82) is 0 Å². The molecule has 3 N–H and O–H groups in total. The number of rotatable bonds is 4. The SMILES string of the molecule is Cc1cnccc1CC(=O)c1ccc(Br)s1.Cc1cnccc1N.O=C(O)c1ccc(Br)s1. The van der Waals surface area contributed by atoms with Gasteiger partial charge < -0.3 is 10.8 Å². The Balaban J connectivity index is 0.000000192. The average molecular weight is 611 g/mol. The number of carboxylic acid groups (broad SMARTS) is 1. The van der Waals surface area contributed by atoms with Crippen molar-refractivity contribution in [1.82, 2.24) is 9.97 Å². The van der Waals surface area contributed by atoms with Crippen molar-refractivity contribution >= 4 is 72.0 Å². The van der Waals surface area contributed by atoms with E-state index in [0.29, 0.717) is 11.3 Å². The minimum absolute atomic E-state index is 0.157. The Morgan fingerprint density at radius 2 is 1.42 bits per heavy atom. The van der Waals surface area contributed by atoms with Gasteiger partial charge in [-0.05, 0) is 98.8 Å². The van der Waals surface area contributed by atoms with Crippen molar-refractivity contribution in [2.75, 3.05) is 5.73 Å². The number of pyridine rings is 2. The summed E-state index contributed by atoms with van der Waals surface area (Å²) in [6.45, 7) is 3.91. The molecular formula is C23H21Br2N3O3S2. The predicted octanol–water partition coefficient (Wildman–Crippen LogP) is 6.82. The first-order valence-corrected chi connectivity index (χ1v) is 12.7. The number of hydrogen-bond donors (Lipinski definition) is 2. The van der Waals surface area contributed by atoms with Gasteiger partial charge in [0.2, 0.25) is 0 Å². The van der Waals surface area contributed by atoms with Gasteiger partial charge in [0.1, 0.15) is 4.88 Å². The highest BCUT2D eigenvalue weighted by molar-refractivity contribution is 9.11. The minimum atomic E-state index is -0.870. The molecule has 172 valence electrons. The van der Waals surface area contributed by atoms with Gasteiger partial charge in [-0.3, -0.25) is 14.8 Å². The number of carboxylic acids is 1. The van der Waals surface area contributed by atoms with Gasteiger partial charge in [-0.1, -0.05) is 0 Å². The van der Waals surface area contributed by atoms with Gasteiger partial charge in [0.15, 0.2) is 5.78 Å². The minimum Gasteiger partial charge on any atom is -0.477 e. The molecule has 0 fully saturated rings. The molecule has 33 heavy (non-hydrogen) atoms. The van der Waals surface area contributed by atoms with E-state index in [-0.39, 0.29) is 5.78 Å². The number of anilines is 1. The molecule has 6 nitrogen and oxygen atoms in total. The van der Waals surface area contributed by atoms with Crippen LogP contribution in [0.4, 0.5) is 5.69 Å². The van der Waals surface area contributed by atoms with Crippen LogP contribution in [-0.2, 0) is 6.42 Å². The topological polar surface area (TPSA) is 106 Å². The number of aromatic carboxylic acids is 1. The Kier molecular flexibility index (Phi) is 10.9. The molecule has 0 radical (unpaired) electrons. The van der Waals surface area contributed by atoms with Gasteiger partial charge in [0, 0.05) is 36.9 Å². The van der Waals surface area contributed by atoms with Gasteiger partial charge >= 0.3 is 5.97 Å². The number of nitrogen functional groups attached to an aromatic ring is 1. The number of thiophene rings is 2. The Morgan fingerprint density at radius 3 is 1.82 bits per heavy atom. The lowest BCUT2D eigenvalue weighted by molar-refractivity contribution is 0.0702. The Labute approximate surface area is 216 Å². The molecule has 0 aliphatic carbocycles. The third-order valence-corrected chi connectivity index (χ3v) is 7.46. The van der Waals surface area contributed by atoms with Crippen LogP contribution in [-0.4, -0.2) is 26.8 Å². The first kappa shape index (κ1) is 26.8. The van der Waals surface area contributed by atoms with Crippen molar-refractivity contribution in [3.05, 3.63) is 95.2 Å². The Bertz CT molecular complexity index is 1200. The first-order valence-electron chi connectivity index (χ1n) is 9.50. The summed E-state index contributed by atoms with van der Waals surface area (Å²) in [5.74, 6) is -0.712. The number of halogens is 2. The molecule has 0 amide bonds. The summed E-state index contributed by atoms with van der Waals surface area (Å²) in [5.41, 5.74) is 9.43. The molecule has 0 saturated carbocycles. The molecule has 0 spiro atoms. The lowest BCUT2D eigenvalue weighted by atomic mass is 10.1. The lowest BCUT2D eigenvalue weighted by Crippen LogP contribution is -2.02. The van der Waals surface area contributed by atoms with Crippen LogP contribution >= 0.6 is 54.5 Å². The molecule has 4 aromatic rings. The van der Waals surface area contributed by atoms with Gasteiger partial charge in [0.05, 0.1) is 12.4 Å². The molecule has 4 heterocycles. The van der Waals surface area contributed by atoms with Crippen LogP contribution in [0.2, 0.25) is 0 Å². The zero-order valence-corrected chi connectivity index (χ0v) is 22.6. The first-order chi connectivity index (χ1) is 15.7. The van der Waals surface area contributed by atoms with E-state index in [1.807, 2.05) is 32.0 Å². The van der Waals surface area contributed by atoms with Crippen LogP contribution in [0.25, 0.3) is 0 Å². The molecule has 0 aliphatic heterocycles. The largest absolute Gasteiger partial charge is 0.477 e. The van der Waals surface area contributed by atoms with Gasteiger partial charge in [0.25, 0.3) is 0 Å². The fourth-order valence-electron chi connectivity index (χ4n) is 2.34. The highest BCUT2D eigenvalue weighted by atomic mass is 79.9. The number of ketones is 1. The molecule has 4 aromatic heterocycles. The summed E-state index contributed by atoms with van der Waals surface area (Å²) in [6.07, 6.45) is 7.38. The fourth-order valence-corrected chi connectivity index (χ4v) is 4.89. The van der Waals surface area contributed by atoms with Gasteiger partial charge in [-0.15, -0.1) is 22.7 Å². The van der Waals surface area contributed by atoms with Crippen molar-refractivity contribution < 1.29 is 14.7 Å². The van der Waals surface area contributed by atoms with E-state index in [2.05, 4.69) is 41.8 Å². The smallest absolute Gasteiger partial charge is 0.345 e. The van der Waals surface area contributed by atoms with Crippen molar-refractivity contribution in [3.63, 3.8) is 0 Å². The van der Waals surface area contributed by atoms with E-state index >= 15 is 0 Å². The fraction of sp³-hybridized carbons (Fsp3) is 0.130. The molecule has 0 aliphatic rings.